The van der Waals surface area contributed by atoms with Crippen LogP contribution in [0.2, 0.25) is 0 Å². The van der Waals surface area contributed by atoms with E-state index in [4.69, 9.17) is 9.97 Å². The van der Waals surface area contributed by atoms with Crippen LogP contribution in [-0.4, -0.2) is 21.0 Å². The van der Waals surface area contributed by atoms with Crippen molar-refractivity contribution in [1.82, 2.24) is 15.0 Å². The van der Waals surface area contributed by atoms with Crippen LogP contribution in [0, 0.1) is 40.7 Å². The summed E-state index contributed by atoms with van der Waals surface area (Å²) in [5.74, 6) is 1.60. The molecule has 0 amide bonds. The molecular formula is C26H23F2N5. The highest BCUT2D eigenvalue weighted by molar-refractivity contribution is 5.97. The number of rotatable bonds is 3. The molecule has 0 saturated heterocycles. The lowest BCUT2D eigenvalue weighted by molar-refractivity contribution is 0.0929. The van der Waals surface area contributed by atoms with Crippen LogP contribution in [0.3, 0.4) is 0 Å². The minimum absolute atomic E-state index is 0.225. The molecule has 3 fully saturated rings. The van der Waals surface area contributed by atoms with Crippen LogP contribution in [-0.2, 0) is 0 Å². The van der Waals surface area contributed by atoms with E-state index in [1.165, 1.54) is 31.7 Å². The lowest BCUT2D eigenvalue weighted by atomic mass is 9.62. The van der Waals surface area contributed by atoms with Gasteiger partial charge in [0.2, 0.25) is 0 Å². The number of hydrogen-bond acceptors (Lipinski definition) is 4. The highest BCUT2D eigenvalue weighted by atomic mass is 19.1. The zero-order valence-corrected chi connectivity index (χ0v) is 18.2. The number of halogens is 2. The molecule has 3 aliphatic carbocycles. The van der Waals surface area contributed by atoms with Crippen LogP contribution in [0.15, 0.2) is 36.5 Å². The fraction of sp³-hybridized carbons (Fsp3) is 0.346. The van der Waals surface area contributed by atoms with Gasteiger partial charge in [-0.2, -0.15) is 5.26 Å². The van der Waals surface area contributed by atoms with E-state index < -0.39 is 11.6 Å². The molecule has 2 aromatic carbocycles. The summed E-state index contributed by atoms with van der Waals surface area (Å²) in [7, 11) is 0. The van der Waals surface area contributed by atoms with Gasteiger partial charge in [-0.1, -0.05) is 6.92 Å². The summed E-state index contributed by atoms with van der Waals surface area (Å²) >= 11 is 0. The molecule has 3 saturated carbocycles. The smallest absolute Gasteiger partial charge is 0.164 e. The van der Waals surface area contributed by atoms with E-state index in [2.05, 4.69) is 23.3 Å². The van der Waals surface area contributed by atoms with Crippen molar-refractivity contribution >= 4 is 27.6 Å². The summed E-state index contributed by atoms with van der Waals surface area (Å²) in [6.07, 6.45) is 6.61. The maximum Gasteiger partial charge on any atom is 0.164 e. The number of nitriles is 1. The zero-order chi connectivity index (χ0) is 22.7. The van der Waals surface area contributed by atoms with Gasteiger partial charge < -0.3 is 10.3 Å². The molecule has 2 N–H and O–H groups in total. The number of H-pyrrole nitrogens is 1. The van der Waals surface area contributed by atoms with E-state index in [0.717, 1.165) is 11.5 Å². The minimum Gasteiger partial charge on any atom is -0.366 e. The third-order valence-corrected chi connectivity index (χ3v) is 7.71. The van der Waals surface area contributed by atoms with E-state index >= 15 is 0 Å². The second-order valence-corrected chi connectivity index (χ2v) is 9.46. The molecule has 4 aromatic rings. The average Bonchev–Trinajstić information content (AvgIpc) is 3.25. The lowest BCUT2D eigenvalue weighted by Gasteiger charge is -2.47. The molecule has 3 aliphatic rings. The Balaban J connectivity index is 1.52. The van der Waals surface area contributed by atoms with Crippen molar-refractivity contribution in [1.29, 1.82) is 5.26 Å². The largest absolute Gasteiger partial charge is 0.366 e. The van der Waals surface area contributed by atoms with Crippen molar-refractivity contribution in [2.75, 3.05) is 5.32 Å². The molecule has 0 radical (unpaired) electrons. The second-order valence-electron chi connectivity index (χ2n) is 9.46. The van der Waals surface area contributed by atoms with Crippen molar-refractivity contribution in [3.8, 4) is 17.5 Å². The van der Waals surface area contributed by atoms with E-state index in [-0.39, 0.29) is 5.52 Å². The highest BCUT2D eigenvalue weighted by Gasteiger charge is 2.41. The first-order valence-corrected chi connectivity index (χ1v) is 11.5. The van der Waals surface area contributed by atoms with Crippen molar-refractivity contribution in [2.45, 2.75) is 38.6 Å². The molecular weight excluding hydrogens is 420 g/mol. The van der Waals surface area contributed by atoms with Crippen LogP contribution in [0.25, 0.3) is 33.2 Å². The Morgan fingerprint density at radius 1 is 1.03 bits per heavy atom. The van der Waals surface area contributed by atoms with Crippen molar-refractivity contribution in [2.24, 2.45) is 17.8 Å². The third kappa shape index (κ3) is 3.24. The lowest BCUT2D eigenvalue weighted by Crippen LogP contribution is -2.47. The second kappa shape index (κ2) is 7.51. The van der Waals surface area contributed by atoms with Gasteiger partial charge in [0.05, 0.1) is 22.7 Å². The first-order chi connectivity index (χ1) is 16.0. The van der Waals surface area contributed by atoms with Crippen LogP contribution < -0.4 is 5.32 Å². The monoisotopic (exact) mass is 443 g/mol. The minimum atomic E-state index is -0.652. The summed E-state index contributed by atoms with van der Waals surface area (Å²) < 4.78 is 28.3. The fourth-order valence-corrected chi connectivity index (χ4v) is 5.93. The number of anilines is 1. The first kappa shape index (κ1) is 20.1. The molecule has 7 rings (SSSR count). The van der Waals surface area contributed by atoms with E-state index in [9.17, 15) is 14.0 Å². The molecule has 2 heterocycles. The highest BCUT2D eigenvalue weighted by Crippen LogP contribution is 2.46. The van der Waals surface area contributed by atoms with E-state index in [1.54, 1.807) is 18.3 Å². The van der Waals surface area contributed by atoms with Crippen LogP contribution in [0.1, 0.15) is 38.2 Å². The number of fused-ring (bicyclic) bond motifs is 5. The molecule has 0 aliphatic heterocycles. The van der Waals surface area contributed by atoms with Gasteiger partial charge in [0.1, 0.15) is 17.5 Å². The van der Waals surface area contributed by atoms with Crippen LogP contribution in [0.4, 0.5) is 14.6 Å². The molecule has 166 valence electrons. The number of aromatic amines is 1. The summed E-state index contributed by atoms with van der Waals surface area (Å²) in [5, 5.41) is 14.3. The van der Waals surface area contributed by atoms with E-state index in [0.29, 0.717) is 57.5 Å². The van der Waals surface area contributed by atoms with Gasteiger partial charge >= 0.3 is 0 Å². The molecule has 0 unspecified atom stereocenters. The number of nitrogens with zero attached hydrogens (tertiary/aromatic N) is 3. The van der Waals surface area contributed by atoms with Gasteiger partial charge in [-0.25, -0.2) is 18.7 Å². The van der Waals surface area contributed by atoms with Gasteiger partial charge in [-0.15, -0.1) is 0 Å². The Labute approximate surface area is 189 Å². The third-order valence-electron chi connectivity index (χ3n) is 7.71. The van der Waals surface area contributed by atoms with Crippen molar-refractivity contribution in [3.63, 3.8) is 0 Å². The molecule has 2 aromatic heterocycles. The Bertz CT molecular complexity index is 1430. The maximum atomic E-state index is 14.3. The molecule has 2 bridgehead atoms. The zero-order valence-electron chi connectivity index (χ0n) is 18.2. The summed E-state index contributed by atoms with van der Waals surface area (Å²) in [6, 6.07) is 9.98. The van der Waals surface area contributed by atoms with Gasteiger partial charge in [-0.3, -0.25) is 0 Å². The number of hydrogen-bond donors (Lipinski definition) is 2. The molecule has 2 atom stereocenters. The van der Waals surface area contributed by atoms with E-state index in [1.807, 2.05) is 6.07 Å². The van der Waals surface area contributed by atoms with Crippen molar-refractivity contribution in [3.05, 3.63) is 53.7 Å². The first-order valence-electron chi connectivity index (χ1n) is 11.5. The topological polar surface area (TPSA) is 77.4 Å². The Morgan fingerprint density at radius 3 is 2.58 bits per heavy atom. The molecule has 7 heteroatoms. The van der Waals surface area contributed by atoms with Gasteiger partial charge in [0.25, 0.3) is 0 Å². The summed E-state index contributed by atoms with van der Waals surface area (Å²) in [5.41, 5.74) is 1.98. The number of nitrogens with one attached hydrogen (secondary N) is 2. The summed E-state index contributed by atoms with van der Waals surface area (Å²) in [4.78, 5) is 12.4. The predicted molar refractivity (Wildman–Crippen MR) is 123 cm³/mol. The Hall–Kier alpha value is -3.53. The Kier molecular flexibility index (Phi) is 4.58. The van der Waals surface area contributed by atoms with Gasteiger partial charge in [-0.05, 0) is 67.7 Å². The quantitative estimate of drug-likeness (QED) is 0.397. The number of benzene rings is 2. The standard InChI is InChI=1S/C26H23F2N5/c1-13-15-3-5-16(6-4-15)23(13)32-25-19-8-14(11-29)2-7-22(19)31-26(33-25)20-12-30-24-18(20)9-17(27)10-21(24)28/h2,7-10,12-13,15-16,23,30H,3-6H2,1H3,(H,31,32,33)/t13-,15?,16?,23+/m1/s1. The molecule has 5 nitrogen and oxygen atoms in total. The fourth-order valence-electron chi connectivity index (χ4n) is 5.93. The van der Waals surface area contributed by atoms with Gasteiger partial charge in [0.15, 0.2) is 5.82 Å². The average molecular weight is 444 g/mol. The molecule has 33 heavy (non-hydrogen) atoms. The summed E-state index contributed by atoms with van der Waals surface area (Å²) in [6.45, 7) is 2.31. The van der Waals surface area contributed by atoms with Crippen LogP contribution in [0.5, 0.6) is 0 Å². The predicted octanol–water partition coefficient (Wildman–Crippen LogP) is 6.16. The Morgan fingerprint density at radius 2 is 1.82 bits per heavy atom. The number of aromatic nitrogens is 3. The SMILES string of the molecule is C[C@@H]1C2CCC(CC2)[C@H]1Nc1nc(-c2c[nH]c3c(F)cc(F)cc23)nc2ccc(C#N)cc12. The van der Waals surface area contributed by atoms with Crippen LogP contribution >= 0.6 is 0 Å². The van der Waals surface area contributed by atoms with Gasteiger partial charge in [0, 0.05) is 34.6 Å². The molecule has 0 spiro atoms. The normalized spacial score (nSPS) is 24.3. The van der Waals surface area contributed by atoms with Crippen molar-refractivity contribution < 1.29 is 8.78 Å². The maximum absolute atomic E-state index is 14.3.